The van der Waals surface area contributed by atoms with Crippen LogP contribution < -0.4 is 11.1 Å². The summed E-state index contributed by atoms with van der Waals surface area (Å²) < 4.78 is 0. The smallest absolute Gasteiger partial charge is 0.217 e. The second-order valence-corrected chi connectivity index (χ2v) is 4.51. The number of carbonyl (C=O) groups is 1. The molecule has 3 N–H and O–H groups in total. The van der Waals surface area contributed by atoms with E-state index in [1.807, 2.05) is 12.1 Å². The first-order valence-electron chi connectivity index (χ1n) is 5.83. The Morgan fingerprint density at radius 3 is 3.12 bits per heavy atom. The molecule has 0 radical (unpaired) electrons. The van der Waals surface area contributed by atoms with Crippen molar-refractivity contribution in [3.05, 3.63) is 23.9 Å². The fraction of sp³-hybridized carbons (Fsp3) is 0.500. The molecule has 1 aliphatic heterocycles. The number of pyridine rings is 1. The first kappa shape index (κ1) is 11.9. The fourth-order valence-corrected chi connectivity index (χ4v) is 2.17. The van der Waals surface area contributed by atoms with E-state index in [4.69, 9.17) is 5.73 Å². The van der Waals surface area contributed by atoms with Crippen molar-refractivity contribution < 1.29 is 4.79 Å². The number of carbonyl (C=O) groups excluding carboxylic acids is 1. The van der Waals surface area contributed by atoms with E-state index in [1.165, 1.54) is 0 Å². The number of hydrogen-bond acceptors (Lipinski definition) is 4. The number of likely N-dealkylation sites (tertiary alicyclic amines) is 1. The van der Waals surface area contributed by atoms with Crippen LogP contribution in [-0.4, -0.2) is 34.9 Å². The van der Waals surface area contributed by atoms with Crippen LogP contribution in [0.3, 0.4) is 0 Å². The summed E-state index contributed by atoms with van der Waals surface area (Å²) >= 11 is 0. The summed E-state index contributed by atoms with van der Waals surface area (Å²) in [6.07, 6.45) is 2.82. The molecule has 0 saturated carbocycles. The van der Waals surface area contributed by atoms with Crippen molar-refractivity contribution in [3.8, 4) is 0 Å². The van der Waals surface area contributed by atoms with E-state index in [9.17, 15) is 4.79 Å². The molecule has 2 rings (SSSR count). The first-order chi connectivity index (χ1) is 8.13. The van der Waals surface area contributed by atoms with Gasteiger partial charge in [0.25, 0.3) is 0 Å². The number of amides is 1. The Labute approximate surface area is 101 Å². The minimum atomic E-state index is 0.0472. The Kier molecular flexibility index (Phi) is 3.58. The number of nitrogens with one attached hydrogen (secondary N) is 1. The maximum Gasteiger partial charge on any atom is 0.217 e. The molecule has 17 heavy (non-hydrogen) atoms. The monoisotopic (exact) mass is 234 g/mol. The van der Waals surface area contributed by atoms with Crippen molar-refractivity contribution in [3.63, 3.8) is 0 Å². The number of anilines is 1. The molecule has 5 nitrogen and oxygen atoms in total. The van der Waals surface area contributed by atoms with Gasteiger partial charge in [-0.05, 0) is 18.1 Å². The highest BCUT2D eigenvalue weighted by Gasteiger charge is 2.22. The highest BCUT2D eigenvalue weighted by Crippen LogP contribution is 2.13. The summed E-state index contributed by atoms with van der Waals surface area (Å²) in [6.45, 7) is 4.34. The standard InChI is InChI=1S/C12H18N4O/c1-9(17)15-11-4-5-16(8-11)7-10-2-3-12(13)14-6-10/h2-3,6,11H,4-5,7-8H2,1H3,(H2,13,14)(H,15,17). The molecule has 2 heterocycles. The molecule has 1 atom stereocenters. The van der Waals surface area contributed by atoms with Gasteiger partial charge in [-0.2, -0.15) is 0 Å². The molecule has 1 fully saturated rings. The van der Waals surface area contributed by atoms with E-state index < -0.39 is 0 Å². The predicted octanol–water partition coefficient (Wildman–Crippen LogP) is 0.374. The molecule has 1 saturated heterocycles. The predicted molar refractivity (Wildman–Crippen MR) is 66.1 cm³/mol. The van der Waals surface area contributed by atoms with Gasteiger partial charge in [-0.1, -0.05) is 6.07 Å². The molecule has 1 unspecified atom stereocenters. The molecule has 0 aliphatic carbocycles. The van der Waals surface area contributed by atoms with E-state index in [0.717, 1.165) is 31.6 Å². The zero-order chi connectivity index (χ0) is 12.3. The lowest BCUT2D eigenvalue weighted by Gasteiger charge is -2.16. The lowest BCUT2D eigenvalue weighted by molar-refractivity contribution is -0.119. The zero-order valence-corrected chi connectivity index (χ0v) is 10.0. The van der Waals surface area contributed by atoms with E-state index in [1.54, 1.807) is 13.1 Å². The lowest BCUT2D eigenvalue weighted by atomic mass is 10.2. The van der Waals surface area contributed by atoms with Crippen molar-refractivity contribution in [2.75, 3.05) is 18.8 Å². The molecule has 0 aromatic carbocycles. The van der Waals surface area contributed by atoms with Crippen molar-refractivity contribution in [1.29, 1.82) is 0 Å². The topological polar surface area (TPSA) is 71.2 Å². The second-order valence-electron chi connectivity index (χ2n) is 4.51. The van der Waals surface area contributed by atoms with Crippen LogP contribution in [0.5, 0.6) is 0 Å². The molecular formula is C12H18N4O. The van der Waals surface area contributed by atoms with Crippen LogP contribution in [0.4, 0.5) is 5.82 Å². The molecule has 0 bridgehead atoms. The van der Waals surface area contributed by atoms with Gasteiger partial charge in [0.15, 0.2) is 0 Å². The minimum Gasteiger partial charge on any atom is -0.384 e. The van der Waals surface area contributed by atoms with Crippen LogP contribution in [0.25, 0.3) is 0 Å². The molecule has 92 valence electrons. The van der Waals surface area contributed by atoms with Crippen molar-refractivity contribution in [1.82, 2.24) is 15.2 Å². The van der Waals surface area contributed by atoms with Gasteiger partial charge in [0.05, 0.1) is 0 Å². The van der Waals surface area contributed by atoms with Crippen LogP contribution in [0, 0.1) is 0 Å². The van der Waals surface area contributed by atoms with Crippen LogP contribution in [0.1, 0.15) is 18.9 Å². The Hall–Kier alpha value is -1.62. The zero-order valence-electron chi connectivity index (χ0n) is 10.0. The van der Waals surface area contributed by atoms with Gasteiger partial charge in [-0.15, -0.1) is 0 Å². The third-order valence-electron chi connectivity index (χ3n) is 2.93. The number of hydrogen-bond donors (Lipinski definition) is 2. The van der Waals surface area contributed by atoms with Gasteiger partial charge in [-0.3, -0.25) is 9.69 Å². The van der Waals surface area contributed by atoms with Gasteiger partial charge >= 0.3 is 0 Å². The van der Waals surface area contributed by atoms with Gasteiger partial charge in [-0.25, -0.2) is 4.98 Å². The highest BCUT2D eigenvalue weighted by atomic mass is 16.1. The third kappa shape index (κ3) is 3.42. The molecule has 1 amide bonds. The number of nitrogens with two attached hydrogens (primary N) is 1. The van der Waals surface area contributed by atoms with E-state index in [0.29, 0.717) is 5.82 Å². The maximum absolute atomic E-state index is 10.9. The Morgan fingerprint density at radius 2 is 2.47 bits per heavy atom. The van der Waals surface area contributed by atoms with Gasteiger partial charge in [0.2, 0.25) is 5.91 Å². The highest BCUT2D eigenvalue weighted by molar-refractivity contribution is 5.73. The second kappa shape index (κ2) is 5.14. The summed E-state index contributed by atoms with van der Waals surface area (Å²) in [5.74, 6) is 0.595. The van der Waals surface area contributed by atoms with E-state index in [-0.39, 0.29) is 11.9 Å². The van der Waals surface area contributed by atoms with Crippen molar-refractivity contribution >= 4 is 11.7 Å². The van der Waals surface area contributed by atoms with Gasteiger partial charge in [0, 0.05) is 38.8 Å². The van der Waals surface area contributed by atoms with Crippen LogP contribution in [0.2, 0.25) is 0 Å². The Balaban J connectivity index is 1.85. The molecule has 0 spiro atoms. The number of rotatable bonds is 3. The lowest BCUT2D eigenvalue weighted by Crippen LogP contribution is -2.35. The molecular weight excluding hydrogens is 216 g/mol. The molecule has 1 aliphatic rings. The summed E-state index contributed by atoms with van der Waals surface area (Å²) in [7, 11) is 0. The SMILES string of the molecule is CC(=O)NC1CCN(Cc2ccc(N)nc2)C1. The average Bonchev–Trinajstić information content (AvgIpc) is 2.68. The number of nitrogen functional groups attached to an aromatic ring is 1. The summed E-state index contributed by atoms with van der Waals surface area (Å²) in [5.41, 5.74) is 6.69. The molecule has 5 heteroatoms. The first-order valence-corrected chi connectivity index (χ1v) is 5.83. The molecule has 1 aromatic rings. The largest absolute Gasteiger partial charge is 0.384 e. The van der Waals surface area contributed by atoms with Gasteiger partial charge in [0.1, 0.15) is 5.82 Å². The van der Waals surface area contributed by atoms with E-state index in [2.05, 4.69) is 15.2 Å². The molecule has 1 aromatic heterocycles. The van der Waals surface area contributed by atoms with E-state index >= 15 is 0 Å². The Bertz CT molecular complexity index is 390. The third-order valence-corrected chi connectivity index (χ3v) is 2.93. The quantitative estimate of drug-likeness (QED) is 0.793. The average molecular weight is 234 g/mol. The fourth-order valence-electron chi connectivity index (χ4n) is 2.17. The van der Waals surface area contributed by atoms with Crippen LogP contribution in [0.15, 0.2) is 18.3 Å². The normalized spacial score (nSPS) is 20.4. The Morgan fingerprint density at radius 1 is 1.65 bits per heavy atom. The summed E-state index contributed by atoms with van der Waals surface area (Å²) in [5, 5.41) is 2.95. The van der Waals surface area contributed by atoms with Crippen LogP contribution >= 0.6 is 0 Å². The van der Waals surface area contributed by atoms with Crippen molar-refractivity contribution in [2.24, 2.45) is 0 Å². The van der Waals surface area contributed by atoms with Crippen LogP contribution in [-0.2, 0) is 11.3 Å². The number of nitrogens with zero attached hydrogens (tertiary/aromatic N) is 2. The maximum atomic E-state index is 10.9. The van der Waals surface area contributed by atoms with Gasteiger partial charge < -0.3 is 11.1 Å². The van der Waals surface area contributed by atoms with Crippen molar-refractivity contribution in [2.45, 2.75) is 25.9 Å². The minimum absolute atomic E-state index is 0.0472. The summed E-state index contributed by atoms with van der Waals surface area (Å²) in [4.78, 5) is 17.3. The number of aromatic nitrogens is 1. The summed E-state index contributed by atoms with van der Waals surface area (Å²) in [6, 6.07) is 4.10.